The van der Waals surface area contributed by atoms with Crippen LogP contribution in [0.1, 0.15) is 59.3 Å². The number of nitrogens with one attached hydrogen (secondary N) is 1. The minimum atomic E-state index is 0.0205. The molecular formula is C17H28N4O. The van der Waals surface area contributed by atoms with E-state index in [4.69, 9.17) is 0 Å². The van der Waals surface area contributed by atoms with Gasteiger partial charge in [-0.3, -0.25) is 4.79 Å². The summed E-state index contributed by atoms with van der Waals surface area (Å²) >= 11 is 0. The van der Waals surface area contributed by atoms with Gasteiger partial charge in [-0.15, -0.1) is 0 Å². The first-order chi connectivity index (χ1) is 10.7. The number of fused-ring (bicyclic) bond motifs is 1. The second kappa shape index (κ2) is 9.92. The number of pyridine rings is 1. The van der Waals surface area contributed by atoms with E-state index in [2.05, 4.69) is 22.2 Å². The number of amides is 1. The van der Waals surface area contributed by atoms with Crippen LogP contribution in [0.25, 0.3) is 11.0 Å². The smallest absolute Gasteiger partial charge is 0.225 e. The van der Waals surface area contributed by atoms with Gasteiger partial charge in [0.2, 0.25) is 5.91 Å². The molecule has 5 nitrogen and oxygen atoms in total. The van der Waals surface area contributed by atoms with Crippen molar-refractivity contribution in [3.63, 3.8) is 0 Å². The monoisotopic (exact) mass is 304 g/mol. The number of rotatable bonds is 7. The normalized spacial score (nSPS) is 10.2. The Kier molecular flexibility index (Phi) is 8.18. The van der Waals surface area contributed by atoms with Gasteiger partial charge >= 0.3 is 0 Å². The van der Waals surface area contributed by atoms with Crippen molar-refractivity contribution in [1.29, 1.82) is 0 Å². The van der Waals surface area contributed by atoms with Crippen LogP contribution in [0.3, 0.4) is 0 Å². The molecule has 0 spiro atoms. The Morgan fingerprint density at radius 2 is 1.91 bits per heavy atom. The molecule has 0 aliphatic heterocycles. The number of hydrogen-bond donors (Lipinski definition) is 1. The molecular weight excluding hydrogens is 276 g/mol. The number of imidazole rings is 1. The lowest BCUT2D eigenvalue weighted by Crippen LogP contribution is -2.12. The summed E-state index contributed by atoms with van der Waals surface area (Å²) < 4.78 is 1.91. The average Bonchev–Trinajstić information content (AvgIpc) is 2.92. The minimum Gasteiger partial charge on any atom is -0.334 e. The largest absolute Gasteiger partial charge is 0.334 e. The van der Waals surface area contributed by atoms with Crippen molar-refractivity contribution >= 4 is 22.8 Å². The number of aromatic nitrogens is 3. The fourth-order valence-corrected chi connectivity index (χ4v) is 2.24. The van der Waals surface area contributed by atoms with E-state index in [1.165, 1.54) is 19.3 Å². The summed E-state index contributed by atoms with van der Waals surface area (Å²) in [6.07, 6.45) is 9.70. The number of carbonyl (C=O) groups excluding carboxylic acids is 1. The van der Waals surface area contributed by atoms with Crippen LogP contribution in [0.2, 0.25) is 0 Å². The molecule has 0 fully saturated rings. The van der Waals surface area contributed by atoms with Crippen molar-refractivity contribution in [2.75, 3.05) is 5.32 Å². The highest BCUT2D eigenvalue weighted by molar-refractivity contribution is 5.97. The van der Waals surface area contributed by atoms with E-state index in [9.17, 15) is 4.79 Å². The molecule has 2 aromatic rings. The molecule has 1 amide bonds. The summed E-state index contributed by atoms with van der Waals surface area (Å²) in [6, 6.07) is 1.89. The summed E-state index contributed by atoms with van der Waals surface area (Å²) in [5.74, 6) is 0.578. The SMILES string of the molecule is CC.CCCCCCCC(=O)Nc1nccc2c1ncn2C. The van der Waals surface area contributed by atoms with Gasteiger partial charge in [-0.2, -0.15) is 0 Å². The molecule has 22 heavy (non-hydrogen) atoms. The predicted molar refractivity (Wildman–Crippen MR) is 91.9 cm³/mol. The zero-order chi connectivity index (χ0) is 16.4. The van der Waals surface area contributed by atoms with Crippen LogP contribution in [-0.4, -0.2) is 20.4 Å². The van der Waals surface area contributed by atoms with Crippen LogP contribution in [0.15, 0.2) is 18.6 Å². The molecule has 0 unspecified atom stereocenters. The van der Waals surface area contributed by atoms with Gasteiger partial charge < -0.3 is 9.88 Å². The molecule has 0 bridgehead atoms. The van der Waals surface area contributed by atoms with Crippen molar-refractivity contribution in [2.24, 2.45) is 7.05 Å². The van der Waals surface area contributed by atoms with Crippen molar-refractivity contribution in [1.82, 2.24) is 14.5 Å². The standard InChI is InChI=1S/C15H22N4O.C2H6/c1-3-4-5-6-7-8-13(20)18-15-14-12(9-10-16-15)19(2)11-17-14;1-2/h9-11H,3-8H2,1-2H3,(H,16,18,20);1-2H3. The molecule has 0 radical (unpaired) electrons. The molecule has 0 saturated heterocycles. The molecule has 5 heteroatoms. The van der Waals surface area contributed by atoms with Gasteiger partial charge in [0.25, 0.3) is 0 Å². The fourth-order valence-electron chi connectivity index (χ4n) is 2.24. The van der Waals surface area contributed by atoms with Crippen LogP contribution in [0.5, 0.6) is 0 Å². The third kappa shape index (κ3) is 5.13. The zero-order valence-electron chi connectivity index (χ0n) is 14.2. The van der Waals surface area contributed by atoms with E-state index in [-0.39, 0.29) is 5.91 Å². The Hall–Kier alpha value is -1.91. The number of aryl methyl sites for hydroxylation is 1. The number of carbonyl (C=O) groups is 1. The van der Waals surface area contributed by atoms with E-state index in [1.54, 1.807) is 12.5 Å². The Morgan fingerprint density at radius 1 is 1.18 bits per heavy atom. The molecule has 2 rings (SSSR count). The third-order valence-corrected chi connectivity index (χ3v) is 3.41. The lowest BCUT2D eigenvalue weighted by atomic mass is 10.1. The molecule has 122 valence electrons. The van der Waals surface area contributed by atoms with Crippen LogP contribution < -0.4 is 5.32 Å². The summed E-state index contributed by atoms with van der Waals surface area (Å²) in [4.78, 5) is 20.4. The summed E-state index contributed by atoms with van der Waals surface area (Å²) in [5.41, 5.74) is 1.72. The maximum absolute atomic E-state index is 11.9. The zero-order valence-corrected chi connectivity index (χ0v) is 14.2. The summed E-state index contributed by atoms with van der Waals surface area (Å²) in [6.45, 7) is 6.19. The Bertz CT molecular complexity index is 577. The van der Waals surface area contributed by atoms with Gasteiger partial charge in [-0.05, 0) is 12.5 Å². The van der Waals surface area contributed by atoms with Gasteiger partial charge in [0.15, 0.2) is 5.82 Å². The molecule has 0 aliphatic carbocycles. The van der Waals surface area contributed by atoms with Gasteiger partial charge in [-0.1, -0.05) is 46.5 Å². The second-order valence-electron chi connectivity index (χ2n) is 5.10. The molecule has 2 heterocycles. The highest BCUT2D eigenvalue weighted by Crippen LogP contribution is 2.18. The van der Waals surface area contributed by atoms with E-state index in [1.807, 2.05) is 31.5 Å². The van der Waals surface area contributed by atoms with Crippen LogP contribution in [0.4, 0.5) is 5.82 Å². The number of hydrogen-bond acceptors (Lipinski definition) is 3. The van der Waals surface area contributed by atoms with Gasteiger partial charge in [0.1, 0.15) is 5.52 Å². The highest BCUT2D eigenvalue weighted by Gasteiger charge is 2.09. The van der Waals surface area contributed by atoms with E-state index >= 15 is 0 Å². The van der Waals surface area contributed by atoms with Crippen LogP contribution in [-0.2, 0) is 11.8 Å². The lowest BCUT2D eigenvalue weighted by molar-refractivity contribution is -0.116. The van der Waals surface area contributed by atoms with Crippen molar-refractivity contribution in [2.45, 2.75) is 59.3 Å². The fraction of sp³-hybridized carbons (Fsp3) is 0.588. The number of unbranched alkanes of at least 4 members (excludes halogenated alkanes) is 4. The van der Waals surface area contributed by atoms with Gasteiger partial charge in [0.05, 0.1) is 11.8 Å². The molecule has 0 aromatic carbocycles. The van der Waals surface area contributed by atoms with E-state index < -0.39 is 0 Å². The molecule has 1 N–H and O–H groups in total. The van der Waals surface area contributed by atoms with Gasteiger partial charge in [-0.25, -0.2) is 9.97 Å². The van der Waals surface area contributed by atoms with Crippen LogP contribution >= 0.6 is 0 Å². The van der Waals surface area contributed by atoms with Crippen molar-refractivity contribution in [3.05, 3.63) is 18.6 Å². The van der Waals surface area contributed by atoms with E-state index in [0.717, 1.165) is 23.9 Å². The second-order valence-corrected chi connectivity index (χ2v) is 5.10. The lowest BCUT2D eigenvalue weighted by Gasteiger charge is -2.05. The highest BCUT2D eigenvalue weighted by atomic mass is 16.1. The minimum absolute atomic E-state index is 0.0205. The average molecular weight is 304 g/mol. The predicted octanol–water partition coefficient (Wildman–Crippen LogP) is 4.29. The molecule has 0 atom stereocenters. The Morgan fingerprint density at radius 3 is 2.64 bits per heavy atom. The number of nitrogens with zero attached hydrogens (tertiary/aromatic N) is 3. The summed E-state index contributed by atoms with van der Waals surface area (Å²) in [7, 11) is 1.93. The van der Waals surface area contributed by atoms with E-state index in [0.29, 0.717) is 12.2 Å². The number of anilines is 1. The van der Waals surface area contributed by atoms with Crippen molar-refractivity contribution < 1.29 is 4.79 Å². The van der Waals surface area contributed by atoms with Crippen LogP contribution in [0, 0.1) is 0 Å². The first kappa shape index (κ1) is 18.1. The maximum atomic E-state index is 11.9. The molecule has 0 aliphatic rings. The molecule has 0 saturated carbocycles. The third-order valence-electron chi connectivity index (χ3n) is 3.41. The Labute approximate surface area is 133 Å². The first-order valence-electron chi connectivity index (χ1n) is 8.28. The first-order valence-corrected chi connectivity index (χ1v) is 8.28. The maximum Gasteiger partial charge on any atom is 0.225 e. The topological polar surface area (TPSA) is 59.8 Å². The molecule has 2 aromatic heterocycles. The van der Waals surface area contributed by atoms with Gasteiger partial charge in [0, 0.05) is 19.7 Å². The quantitative estimate of drug-likeness (QED) is 0.776. The Balaban J connectivity index is 0.00000116. The van der Waals surface area contributed by atoms with Crippen molar-refractivity contribution in [3.8, 4) is 0 Å². The summed E-state index contributed by atoms with van der Waals surface area (Å²) in [5, 5.41) is 2.86.